The molecule has 0 saturated carbocycles. The highest BCUT2D eigenvalue weighted by atomic mass is 32.2. The third-order valence-corrected chi connectivity index (χ3v) is 7.91. The molecule has 1 amide bonds. The van der Waals surface area contributed by atoms with Gasteiger partial charge in [0.2, 0.25) is 10.0 Å². The maximum Gasteiger partial charge on any atom is 0.255 e. The molecule has 0 bridgehead atoms. The summed E-state index contributed by atoms with van der Waals surface area (Å²) >= 11 is 0. The molecule has 2 aliphatic rings. The van der Waals surface area contributed by atoms with Gasteiger partial charge in [-0.05, 0) is 41.8 Å². The topological polar surface area (TPSA) is 88.2 Å². The van der Waals surface area contributed by atoms with Crippen molar-refractivity contribution in [2.24, 2.45) is 0 Å². The number of nitrogens with one attached hydrogen (secondary N) is 1. The summed E-state index contributed by atoms with van der Waals surface area (Å²) in [5.41, 5.74) is 2.93. The minimum Gasteiger partial charge on any atom is -0.379 e. The highest BCUT2D eigenvalue weighted by Crippen LogP contribution is 2.31. The molecule has 2 heterocycles. The number of hydrogen-bond donors (Lipinski definition) is 1. The zero-order chi connectivity index (χ0) is 23.4. The number of rotatable bonds is 6. The van der Waals surface area contributed by atoms with E-state index in [1.54, 1.807) is 30.3 Å². The van der Waals surface area contributed by atoms with E-state index in [0.29, 0.717) is 69.8 Å². The van der Waals surface area contributed by atoms with Gasteiger partial charge in [-0.3, -0.25) is 4.79 Å². The molecule has 2 aromatic carbocycles. The highest BCUT2D eigenvalue weighted by Gasteiger charge is 2.28. The van der Waals surface area contributed by atoms with Gasteiger partial charge < -0.3 is 19.7 Å². The predicted octanol–water partition coefficient (Wildman–Crippen LogP) is 2.92. The molecule has 2 fully saturated rings. The number of ether oxygens (including phenoxy) is 2. The number of carbonyl (C=O) groups excluding carboxylic acids is 1. The number of sulfonamides is 1. The SMILES string of the molecule is CC(C)c1ccc(C(=O)Nc2cc(S(=O)(=O)N3CCOCC3)ccc2N2CCOCC2)cc1. The molecule has 0 radical (unpaired) electrons. The Morgan fingerprint density at radius 1 is 0.909 bits per heavy atom. The molecule has 2 saturated heterocycles. The molecular weight excluding hydrogens is 442 g/mol. The van der Waals surface area contributed by atoms with Crippen molar-refractivity contribution in [3.8, 4) is 0 Å². The van der Waals surface area contributed by atoms with Crippen LogP contribution in [-0.2, 0) is 19.5 Å². The van der Waals surface area contributed by atoms with Gasteiger partial charge in [0.25, 0.3) is 5.91 Å². The largest absolute Gasteiger partial charge is 0.379 e. The lowest BCUT2D eigenvalue weighted by Gasteiger charge is -2.31. The first-order valence-electron chi connectivity index (χ1n) is 11.3. The van der Waals surface area contributed by atoms with Gasteiger partial charge in [0, 0.05) is 31.7 Å². The van der Waals surface area contributed by atoms with E-state index in [1.165, 1.54) is 4.31 Å². The van der Waals surface area contributed by atoms with Crippen molar-refractivity contribution in [1.29, 1.82) is 0 Å². The van der Waals surface area contributed by atoms with Gasteiger partial charge in [0.1, 0.15) is 0 Å². The first-order chi connectivity index (χ1) is 15.9. The summed E-state index contributed by atoms with van der Waals surface area (Å²) in [4.78, 5) is 15.3. The Labute approximate surface area is 195 Å². The van der Waals surface area contributed by atoms with Gasteiger partial charge in [0.15, 0.2) is 0 Å². The van der Waals surface area contributed by atoms with Crippen molar-refractivity contribution in [3.63, 3.8) is 0 Å². The van der Waals surface area contributed by atoms with Crippen LogP contribution in [0.1, 0.15) is 35.7 Å². The number of hydrogen-bond acceptors (Lipinski definition) is 6. The molecule has 0 aromatic heterocycles. The van der Waals surface area contributed by atoms with Crippen LogP contribution in [0.25, 0.3) is 0 Å². The van der Waals surface area contributed by atoms with Gasteiger partial charge in [-0.25, -0.2) is 8.42 Å². The van der Waals surface area contributed by atoms with Gasteiger partial charge in [-0.2, -0.15) is 4.31 Å². The Morgan fingerprint density at radius 2 is 1.52 bits per heavy atom. The minimum atomic E-state index is -3.69. The van der Waals surface area contributed by atoms with E-state index in [-0.39, 0.29) is 10.8 Å². The zero-order valence-corrected chi connectivity index (χ0v) is 19.9. The number of anilines is 2. The van der Waals surface area contributed by atoms with Crippen LogP contribution in [0.3, 0.4) is 0 Å². The predicted molar refractivity (Wildman–Crippen MR) is 128 cm³/mol. The molecule has 4 rings (SSSR count). The van der Waals surface area contributed by atoms with E-state index in [9.17, 15) is 13.2 Å². The van der Waals surface area contributed by atoms with Crippen LogP contribution in [0.4, 0.5) is 11.4 Å². The van der Waals surface area contributed by atoms with E-state index >= 15 is 0 Å². The van der Waals surface area contributed by atoms with Crippen LogP contribution in [-0.4, -0.2) is 71.2 Å². The normalized spacial score (nSPS) is 17.8. The van der Waals surface area contributed by atoms with Crippen molar-refractivity contribution in [2.45, 2.75) is 24.7 Å². The minimum absolute atomic E-state index is 0.159. The summed E-state index contributed by atoms with van der Waals surface area (Å²) in [5.74, 6) is 0.0952. The monoisotopic (exact) mass is 473 g/mol. The first-order valence-corrected chi connectivity index (χ1v) is 12.8. The summed E-state index contributed by atoms with van der Waals surface area (Å²) in [5, 5.41) is 2.96. The Kier molecular flexibility index (Phi) is 7.33. The quantitative estimate of drug-likeness (QED) is 0.694. The Balaban J connectivity index is 1.65. The van der Waals surface area contributed by atoms with E-state index in [2.05, 4.69) is 24.1 Å². The molecule has 0 atom stereocenters. The summed E-state index contributed by atoms with van der Waals surface area (Å²) in [6.45, 7) is 8.09. The molecule has 2 aliphatic heterocycles. The van der Waals surface area contributed by atoms with Crippen molar-refractivity contribution >= 4 is 27.3 Å². The second-order valence-electron chi connectivity index (χ2n) is 8.53. The maximum atomic E-state index is 13.2. The lowest BCUT2D eigenvalue weighted by molar-refractivity contribution is 0.0730. The second-order valence-corrected chi connectivity index (χ2v) is 10.5. The Bertz CT molecular complexity index is 1070. The summed E-state index contributed by atoms with van der Waals surface area (Å²) in [7, 11) is -3.69. The maximum absolute atomic E-state index is 13.2. The Morgan fingerprint density at radius 3 is 2.12 bits per heavy atom. The summed E-state index contributed by atoms with van der Waals surface area (Å²) < 4.78 is 38.6. The van der Waals surface area contributed by atoms with Crippen molar-refractivity contribution in [2.75, 3.05) is 62.8 Å². The van der Waals surface area contributed by atoms with Crippen molar-refractivity contribution in [3.05, 3.63) is 53.6 Å². The van der Waals surface area contributed by atoms with Gasteiger partial charge in [-0.15, -0.1) is 0 Å². The van der Waals surface area contributed by atoms with Gasteiger partial charge in [0.05, 0.1) is 42.7 Å². The number of benzene rings is 2. The van der Waals surface area contributed by atoms with E-state index in [4.69, 9.17) is 9.47 Å². The fourth-order valence-electron chi connectivity index (χ4n) is 4.01. The molecule has 0 spiro atoms. The molecule has 8 nitrogen and oxygen atoms in total. The van der Waals surface area contributed by atoms with E-state index in [1.807, 2.05) is 12.1 Å². The van der Waals surface area contributed by atoms with Crippen LogP contribution < -0.4 is 10.2 Å². The van der Waals surface area contributed by atoms with E-state index < -0.39 is 10.0 Å². The number of morpholine rings is 2. The molecule has 178 valence electrons. The average Bonchev–Trinajstić information content (AvgIpc) is 2.85. The standard InChI is InChI=1S/C24H31N3O5S/c1-18(2)19-3-5-20(6-4-19)24(28)25-22-17-21(33(29,30)27-11-15-32-16-12-27)7-8-23(22)26-9-13-31-14-10-26/h3-8,17-18H,9-16H2,1-2H3,(H,25,28). The zero-order valence-electron chi connectivity index (χ0n) is 19.1. The Hall–Kier alpha value is -2.46. The molecule has 33 heavy (non-hydrogen) atoms. The van der Waals surface area contributed by atoms with E-state index in [0.717, 1.165) is 11.3 Å². The van der Waals surface area contributed by atoms with Crippen molar-refractivity contribution in [1.82, 2.24) is 4.31 Å². The fourth-order valence-corrected chi connectivity index (χ4v) is 5.44. The van der Waals surface area contributed by atoms with Crippen LogP contribution in [0.5, 0.6) is 0 Å². The molecule has 2 aromatic rings. The third kappa shape index (κ3) is 5.38. The first kappa shape index (κ1) is 23.7. The molecule has 0 aliphatic carbocycles. The summed E-state index contributed by atoms with van der Waals surface area (Å²) in [6.07, 6.45) is 0. The molecule has 9 heteroatoms. The van der Waals surface area contributed by atoms with Gasteiger partial charge >= 0.3 is 0 Å². The highest BCUT2D eigenvalue weighted by molar-refractivity contribution is 7.89. The van der Waals surface area contributed by atoms with Crippen LogP contribution >= 0.6 is 0 Å². The fraction of sp³-hybridized carbons (Fsp3) is 0.458. The lowest BCUT2D eigenvalue weighted by atomic mass is 10.0. The van der Waals surface area contributed by atoms with Crippen LogP contribution in [0.2, 0.25) is 0 Å². The van der Waals surface area contributed by atoms with Crippen LogP contribution in [0.15, 0.2) is 47.4 Å². The van der Waals surface area contributed by atoms with Gasteiger partial charge in [-0.1, -0.05) is 26.0 Å². The molecular formula is C24H31N3O5S. The number of amides is 1. The second kappa shape index (κ2) is 10.2. The molecule has 1 N–H and O–H groups in total. The lowest BCUT2D eigenvalue weighted by Crippen LogP contribution is -2.40. The third-order valence-electron chi connectivity index (χ3n) is 6.02. The van der Waals surface area contributed by atoms with Crippen molar-refractivity contribution < 1.29 is 22.7 Å². The summed E-state index contributed by atoms with van der Waals surface area (Å²) in [6, 6.07) is 12.4. The molecule has 0 unspecified atom stereocenters. The average molecular weight is 474 g/mol. The number of carbonyl (C=O) groups is 1. The van der Waals surface area contributed by atoms with Crippen LogP contribution in [0, 0.1) is 0 Å². The number of nitrogens with zero attached hydrogens (tertiary/aromatic N) is 2. The smallest absolute Gasteiger partial charge is 0.255 e.